The van der Waals surface area contributed by atoms with Crippen LogP contribution in [0.25, 0.3) is 10.9 Å². The van der Waals surface area contributed by atoms with Crippen molar-refractivity contribution in [3.05, 3.63) is 47.1 Å². The zero-order valence-corrected chi connectivity index (χ0v) is 17.5. The number of hydrogen-bond donors (Lipinski definition) is 1. The minimum Gasteiger partial charge on any atom is -0.493 e. The zero-order chi connectivity index (χ0) is 21.0. The fourth-order valence-electron chi connectivity index (χ4n) is 3.02. The van der Waals surface area contributed by atoms with Crippen LogP contribution in [0, 0.1) is 0 Å². The van der Waals surface area contributed by atoms with Gasteiger partial charge in [-0.25, -0.2) is 0 Å². The van der Waals surface area contributed by atoms with Crippen molar-refractivity contribution in [3.63, 3.8) is 0 Å². The topological polar surface area (TPSA) is 73.0 Å². The van der Waals surface area contributed by atoms with E-state index in [2.05, 4.69) is 4.98 Å². The molecule has 1 N–H and O–H groups in total. The van der Waals surface area contributed by atoms with Crippen LogP contribution in [0.5, 0.6) is 23.0 Å². The second-order valence-electron chi connectivity index (χ2n) is 6.33. The Morgan fingerprint density at radius 3 is 2.48 bits per heavy atom. The molecule has 0 fully saturated rings. The maximum absolute atomic E-state index is 12.8. The molecule has 0 aliphatic heterocycles. The molecule has 0 saturated carbocycles. The second-order valence-corrected chi connectivity index (χ2v) is 6.76. The molecule has 29 heavy (non-hydrogen) atoms. The highest BCUT2D eigenvalue weighted by Crippen LogP contribution is 2.43. The predicted molar refractivity (Wildman–Crippen MR) is 112 cm³/mol. The molecular weight excluding hydrogens is 396 g/mol. The number of methoxy groups -OCH3 is 3. The van der Waals surface area contributed by atoms with Gasteiger partial charge in [0.05, 0.1) is 33.4 Å². The highest BCUT2D eigenvalue weighted by Gasteiger charge is 2.21. The Labute approximate surface area is 174 Å². The van der Waals surface area contributed by atoms with Gasteiger partial charge in [-0.15, -0.1) is 0 Å². The van der Waals surface area contributed by atoms with E-state index in [4.69, 9.17) is 30.5 Å². The summed E-state index contributed by atoms with van der Waals surface area (Å²) in [6.45, 7) is 0.748. The predicted octanol–water partition coefficient (Wildman–Crippen LogP) is 4.00. The van der Waals surface area contributed by atoms with E-state index in [1.165, 1.54) is 7.11 Å². The third-order valence-corrected chi connectivity index (χ3v) is 4.72. The quantitative estimate of drug-likeness (QED) is 0.598. The standard InChI is InChI=1S/C21H23ClN2O5/c1-24(8-9-29-15-7-5-6-14(22)12-15)21(25)16-10-13-11-17(26-2)19(27-3)20(28-4)18(13)23-16/h5-7,10-12,23H,8-9H2,1-4H3. The summed E-state index contributed by atoms with van der Waals surface area (Å²) in [5, 5.41) is 1.39. The third kappa shape index (κ3) is 4.35. The molecule has 3 rings (SSSR count). The lowest BCUT2D eigenvalue weighted by atomic mass is 10.2. The number of hydrogen-bond acceptors (Lipinski definition) is 5. The van der Waals surface area contributed by atoms with E-state index in [1.54, 1.807) is 50.4 Å². The van der Waals surface area contributed by atoms with Gasteiger partial charge in [0.15, 0.2) is 11.5 Å². The number of nitrogens with zero attached hydrogens (tertiary/aromatic N) is 1. The Kier molecular flexibility index (Phi) is 6.39. The Morgan fingerprint density at radius 1 is 1.07 bits per heavy atom. The van der Waals surface area contributed by atoms with E-state index in [0.717, 1.165) is 5.39 Å². The first kappa shape index (κ1) is 20.7. The minimum atomic E-state index is -0.170. The van der Waals surface area contributed by atoms with Crippen molar-refractivity contribution < 1.29 is 23.7 Å². The van der Waals surface area contributed by atoms with E-state index >= 15 is 0 Å². The van der Waals surface area contributed by atoms with Gasteiger partial charge in [-0.2, -0.15) is 0 Å². The summed E-state index contributed by atoms with van der Waals surface area (Å²) in [6.07, 6.45) is 0. The van der Waals surface area contributed by atoms with E-state index in [0.29, 0.717) is 52.4 Å². The number of nitrogens with one attached hydrogen (secondary N) is 1. The number of halogens is 1. The summed E-state index contributed by atoms with van der Waals surface area (Å²) >= 11 is 5.95. The van der Waals surface area contributed by atoms with E-state index in [1.807, 2.05) is 12.1 Å². The third-order valence-electron chi connectivity index (χ3n) is 4.49. The Balaban J connectivity index is 1.76. The Bertz CT molecular complexity index is 1020. The van der Waals surface area contributed by atoms with E-state index in [9.17, 15) is 4.79 Å². The van der Waals surface area contributed by atoms with Crippen LogP contribution in [0.1, 0.15) is 10.5 Å². The zero-order valence-electron chi connectivity index (χ0n) is 16.7. The summed E-state index contributed by atoms with van der Waals surface area (Å²) < 4.78 is 21.9. The first-order valence-corrected chi connectivity index (χ1v) is 9.31. The smallest absolute Gasteiger partial charge is 0.270 e. The number of likely N-dealkylation sites (N-methyl/N-ethyl adjacent to an activating group) is 1. The SMILES string of the molecule is COc1cc2cc(C(=O)N(C)CCOc3cccc(Cl)c3)[nH]c2c(OC)c1OC. The molecule has 0 saturated heterocycles. The maximum atomic E-state index is 12.8. The van der Waals surface area contributed by atoms with Crippen molar-refractivity contribution in [3.8, 4) is 23.0 Å². The molecule has 0 aliphatic carbocycles. The molecule has 154 valence electrons. The maximum Gasteiger partial charge on any atom is 0.270 e. The monoisotopic (exact) mass is 418 g/mol. The summed E-state index contributed by atoms with van der Waals surface area (Å²) in [6, 6.07) is 10.7. The molecule has 1 amide bonds. The van der Waals surface area contributed by atoms with Crippen molar-refractivity contribution in [1.82, 2.24) is 9.88 Å². The van der Waals surface area contributed by atoms with Crippen molar-refractivity contribution in [2.45, 2.75) is 0 Å². The minimum absolute atomic E-state index is 0.170. The fraction of sp³-hybridized carbons (Fsp3) is 0.286. The molecule has 0 aliphatic rings. The number of H-pyrrole nitrogens is 1. The van der Waals surface area contributed by atoms with Gasteiger partial charge in [-0.3, -0.25) is 4.79 Å². The molecular formula is C21H23ClN2O5. The fourth-order valence-corrected chi connectivity index (χ4v) is 3.20. The van der Waals surface area contributed by atoms with Crippen LogP contribution >= 0.6 is 11.6 Å². The molecule has 7 nitrogen and oxygen atoms in total. The number of ether oxygens (including phenoxy) is 4. The molecule has 0 bridgehead atoms. The first-order chi connectivity index (χ1) is 14.0. The number of aromatic nitrogens is 1. The molecule has 0 unspecified atom stereocenters. The Hall–Kier alpha value is -3.06. The van der Waals surface area contributed by atoms with Crippen molar-refractivity contribution >= 4 is 28.4 Å². The number of carbonyl (C=O) groups excluding carboxylic acids is 1. The lowest BCUT2D eigenvalue weighted by molar-refractivity contribution is 0.0769. The largest absolute Gasteiger partial charge is 0.493 e. The molecule has 8 heteroatoms. The summed E-state index contributed by atoms with van der Waals surface area (Å²) in [7, 11) is 6.34. The molecule has 0 spiro atoms. The molecule has 0 radical (unpaired) electrons. The first-order valence-electron chi connectivity index (χ1n) is 8.94. The molecule has 3 aromatic rings. The second kappa shape index (κ2) is 8.96. The normalized spacial score (nSPS) is 10.7. The molecule has 1 heterocycles. The summed E-state index contributed by atoms with van der Waals surface area (Å²) in [4.78, 5) is 17.5. The van der Waals surface area contributed by atoms with Gasteiger partial charge >= 0.3 is 0 Å². The number of benzene rings is 2. The van der Waals surface area contributed by atoms with Gasteiger partial charge in [0.25, 0.3) is 5.91 Å². The van der Waals surface area contributed by atoms with E-state index < -0.39 is 0 Å². The van der Waals surface area contributed by atoms with Crippen LogP contribution in [-0.2, 0) is 0 Å². The highest BCUT2D eigenvalue weighted by molar-refractivity contribution is 6.30. The van der Waals surface area contributed by atoms with Gasteiger partial charge in [-0.05, 0) is 30.3 Å². The van der Waals surface area contributed by atoms with Crippen molar-refractivity contribution in [1.29, 1.82) is 0 Å². The van der Waals surface area contributed by atoms with Crippen molar-refractivity contribution in [2.75, 3.05) is 41.5 Å². The molecule has 2 aromatic carbocycles. The molecule has 1 aromatic heterocycles. The van der Waals surface area contributed by atoms with Gasteiger partial charge in [0.2, 0.25) is 5.75 Å². The van der Waals surface area contributed by atoms with Gasteiger partial charge in [0, 0.05) is 17.5 Å². The lowest BCUT2D eigenvalue weighted by Crippen LogP contribution is -2.31. The lowest BCUT2D eigenvalue weighted by Gasteiger charge is -2.16. The Morgan fingerprint density at radius 2 is 1.83 bits per heavy atom. The number of rotatable bonds is 8. The van der Waals surface area contributed by atoms with Gasteiger partial charge < -0.3 is 28.8 Å². The van der Waals surface area contributed by atoms with Crippen LogP contribution in [0.15, 0.2) is 36.4 Å². The highest BCUT2D eigenvalue weighted by atomic mass is 35.5. The number of fused-ring (bicyclic) bond motifs is 1. The van der Waals surface area contributed by atoms with Gasteiger partial charge in [0.1, 0.15) is 18.1 Å². The average molecular weight is 419 g/mol. The van der Waals surface area contributed by atoms with Crippen LogP contribution in [-0.4, -0.2) is 57.3 Å². The number of amides is 1. The van der Waals surface area contributed by atoms with E-state index in [-0.39, 0.29) is 5.91 Å². The average Bonchev–Trinajstić information content (AvgIpc) is 3.15. The number of carbonyl (C=O) groups is 1. The number of aromatic amines is 1. The summed E-state index contributed by atoms with van der Waals surface area (Å²) in [5.41, 5.74) is 1.09. The van der Waals surface area contributed by atoms with Crippen molar-refractivity contribution in [2.24, 2.45) is 0 Å². The van der Waals surface area contributed by atoms with Gasteiger partial charge in [-0.1, -0.05) is 17.7 Å². The van der Waals surface area contributed by atoms with Crippen LogP contribution < -0.4 is 18.9 Å². The summed E-state index contributed by atoms with van der Waals surface area (Å²) in [5.74, 6) is 1.96. The van der Waals surface area contributed by atoms with Crippen LogP contribution in [0.4, 0.5) is 0 Å². The molecule has 0 atom stereocenters. The van der Waals surface area contributed by atoms with Crippen LogP contribution in [0.3, 0.4) is 0 Å². The van der Waals surface area contributed by atoms with Crippen LogP contribution in [0.2, 0.25) is 5.02 Å².